The Bertz CT molecular complexity index is 441. The average Bonchev–Trinajstić information content (AvgIpc) is 2.36. The Balaban J connectivity index is 2.97. The number of carboxylic acids is 1. The van der Waals surface area contributed by atoms with E-state index >= 15 is 0 Å². The first-order chi connectivity index (χ1) is 8.56. The highest BCUT2D eigenvalue weighted by Gasteiger charge is 2.06. The molecule has 1 aromatic carbocycles. The number of rotatable bonds is 6. The molecule has 0 aliphatic carbocycles. The van der Waals surface area contributed by atoms with E-state index in [0.29, 0.717) is 0 Å². The Morgan fingerprint density at radius 3 is 2.78 bits per heavy atom. The molecule has 0 amide bonds. The molecule has 1 rings (SSSR count). The van der Waals surface area contributed by atoms with Crippen LogP contribution >= 0.6 is 0 Å². The summed E-state index contributed by atoms with van der Waals surface area (Å²) in [5, 5.41) is 8.61. The summed E-state index contributed by atoms with van der Waals surface area (Å²) in [6.07, 6.45) is 2.71. The van der Waals surface area contributed by atoms with Crippen LogP contribution in [-0.4, -0.2) is 36.7 Å². The molecule has 0 atom stereocenters. The lowest BCUT2D eigenvalue weighted by atomic mass is 10.1. The fraction of sp³-hybridized carbons (Fsp3) is 0.357. The van der Waals surface area contributed by atoms with Crippen LogP contribution in [0.1, 0.15) is 18.1 Å². The highest BCUT2D eigenvalue weighted by atomic mass is 16.5. The molecule has 98 valence electrons. The van der Waals surface area contributed by atoms with Crippen molar-refractivity contribution in [1.29, 1.82) is 0 Å². The average molecular weight is 249 g/mol. The number of carbonyl (C=O) groups is 1. The molecule has 0 aromatic heterocycles. The van der Waals surface area contributed by atoms with Crippen LogP contribution in [-0.2, 0) is 11.3 Å². The van der Waals surface area contributed by atoms with Gasteiger partial charge in [-0.3, -0.25) is 0 Å². The van der Waals surface area contributed by atoms with Gasteiger partial charge in [0.15, 0.2) is 0 Å². The van der Waals surface area contributed by atoms with E-state index in [1.807, 2.05) is 25.2 Å². The maximum absolute atomic E-state index is 10.5. The minimum atomic E-state index is -0.946. The number of hydrogen-bond donors (Lipinski definition) is 1. The highest BCUT2D eigenvalue weighted by molar-refractivity contribution is 5.85. The number of ether oxygens (including phenoxy) is 1. The van der Waals surface area contributed by atoms with Crippen molar-refractivity contribution in [3.05, 3.63) is 35.4 Å². The molecule has 1 N–H and O–H groups in total. The lowest BCUT2D eigenvalue weighted by Crippen LogP contribution is -2.17. The third-order valence-corrected chi connectivity index (χ3v) is 2.70. The molecule has 0 unspecified atom stereocenters. The summed E-state index contributed by atoms with van der Waals surface area (Å²) in [6, 6.07) is 5.65. The van der Waals surface area contributed by atoms with Crippen LogP contribution in [0, 0.1) is 0 Å². The zero-order valence-corrected chi connectivity index (χ0v) is 11.0. The Hall–Kier alpha value is -1.81. The predicted octanol–water partition coefficient (Wildman–Crippen LogP) is 2.24. The zero-order chi connectivity index (χ0) is 13.5. The van der Waals surface area contributed by atoms with Crippen LogP contribution < -0.4 is 4.74 Å². The Morgan fingerprint density at radius 2 is 2.22 bits per heavy atom. The highest BCUT2D eigenvalue weighted by Crippen LogP contribution is 2.22. The van der Waals surface area contributed by atoms with Gasteiger partial charge in [-0.1, -0.05) is 13.0 Å². The van der Waals surface area contributed by atoms with Crippen LogP contribution in [0.4, 0.5) is 0 Å². The molecule has 0 fully saturated rings. The van der Waals surface area contributed by atoms with Gasteiger partial charge in [0.05, 0.1) is 7.11 Å². The summed E-state index contributed by atoms with van der Waals surface area (Å²) in [5.41, 5.74) is 1.91. The molecule has 18 heavy (non-hydrogen) atoms. The second-order valence-corrected chi connectivity index (χ2v) is 4.07. The number of nitrogens with zero attached hydrogens (tertiary/aromatic N) is 1. The Kier molecular flexibility index (Phi) is 5.39. The van der Waals surface area contributed by atoms with Gasteiger partial charge >= 0.3 is 5.97 Å². The molecule has 4 heteroatoms. The van der Waals surface area contributed by atoms with Gasteiger partial charge < -0.3 is 14.7 Å². The van der Waals surface area contributed by atoms with E-state index < -0.39 is 5.97 Å². The van der Waals surface area contributed by atoms with E-state index in [2.05, 4.69) is 11.8 Å². The lowest BCUT2D eigenvalue weighted by Gasteiger charge is -2.16. The van der Waals surface area contributed by atoms with Crippen molar-refractivity contribution in [2.75, 3.05) is 20.7 Å². The van der Waals surface area contributed by atoms with Gasteiger partial charge in [0.1, 0.15) is 5.75 Å². The standard InChI is InChI=1S/C14H19NO3/c1-4-15(2)10-12-9-11(6-8-14(16)17)5-7-13(12)18-3/h5-9H,4,10H2,1-3H3,(H,16,17). The van der Waals surface area contributed by atoms with Crippen LogP contribution in [0.15, 0.2) is 24.3 Å². The summed E-state index contributed by atoms with van der Waals surface area (Å²) in [6.45, 7) is 3.80. The minimum Gasteiger partial charge on any atom is -0.496 e. The van der Waals surface area contributed by atoms with Gasteiger partial charge in [-0.15, -0.1) is 0 Å². The van der Waals surface area contributed by atoms with Crippen molar-refractivity contribution in [3.63, 3.8) is 0 Å². The second-order valence-electron chi connectivity index (χ2n) is 4.07. The molecule has 4 nitrogen and oxygen atoms in total. The fourth-order valence-corrected chi connectivity index (χ4v) is 1.60. The molecule has 0 saturated heterocycles. The van der Waals surface area contributed by atoms with E-state index in [1.165, 1.54) is 0 Å². The maximum atomic E-state index is 10.5. The van der Waals surface area contributed by atoms with Crippen LogP contribution in [0.25, 0.3) is 6.08 Å². The third-order valence-electron chi connectivity index (χ3n) is 2.70. The largest absolute Gasteiger partial charge is 0.496 e. The van der Waals surface area contributed by atoms with Crippen molar-refractivity contribution in [1.82, 2.24) is 4.90 Å². The first-order valence-electron chi connectivity index (χ1n) is 5.83. The molecule has 0 spiro atoms. The second kappa shape index (κ2) is 6.81. The smallest absolute Gasteiger partial charge is 0.328 e. The van der Waals surface area contributed by atoms with E-state index in [1.54, 1.807) is 13.2 Å². The van der Waals surface area contributed by atoms with Gasteiger partial charge in [-0.25, -0.2) is 4.79 Å². The van der Waals surface area contributed by atoms with E-state index in [4.69, 9.17) is 9.84 Å². The van der Waals surface area contributed by atoms with Crippen LogP contribution in [0.3, 0.4) is 0 Å². The molecular formula is C14H19NO3. The SMILES string of the molecule is CCN(C)Cc1cc(C=CC(=O)O)ccc1OC. The fourth-order valence-electron chi connectivity index (χ4n) is 1.60. The quantitative estimate of drug-likeness (QED) is 0.786. The zero-order valence-electron chi connectivity index (χ0n) is 11.0. The van der Waals surface area contributed by atoms with Crippen LogP contribution in [0.5, 0.6) is 5.75 Å². The molecule has 0 radical (unpaired) electrons. The van der Waals surface area contributed by atoms with E-state index in [0.717, 1.165) is 36.0 Å². The molecule has 0 heterocycles. The number of carboxylic acid groups (broad SMARTS) is 1. The number of benzene rings is 1. The van der Waals surface area contributed by atoms with Gasteiger partial charge in [0.2, 0.25) is 0 Å². The van der Waals surface area contributed by atoms with E-state index in [9.17, 15) is 4.79 Å². The molecular weight excluding hydrogens is 230 g/mol. The summed E-state index contributed by atoms with van der Waals surface area (Å²) in [4.78, 5) is 12.6. The summed E-state index contributed by atoms with van der Waals surface area (Å²) < 4.78 is 5.30. The summed E-state index contributed by atoms with van der Waals surface area (Å²) in [7, 11) is 3.66. The predicted molar refractivity (Wildman–Crippen MR) is 71.7 cm³/mol. The van der Waals surface area contributed by atoms with Gasteiger partial charge in [0.25, 0.3) is 0 Å². The van der Waals surface area contributed by atoms with Crippen LogP contribution in [0.2, 0.25) is 0 Å². The topological polar surface area (TPSA) is 49.8 Å². The Labute approximate surface area is 107 Å². The third kappa shape index (κ3) is 4.22. The maximum Gasteiger partial charge on any atom is 0.328 e. The van der Waals surface area contributed by atoms with Gasteiger partial charge in [0, 0.05) is 18.2 Å². The summed E-state index contributed by atoms with van der Waals surface area (Å²) in [5.74, 6) is -0.124. The van der Waals surface area contributed by atoms with Crippen molar-refractivity contribution in [2.24, 2.45) is 0 Å². The Morgan fingerprint density at radius 1 is 1.50 bits per heavy atom. The first kappa shape index (κ1) is 14.3. The summed E-state index contributed by atoms with van der Waals surface area (Å²) >= 11 is 0. The number of hydrogen-bond acceptors (Lipinski definition) is 3. The lowest BCUT2D eigenvalue weighted by molar-refractivity contribution is -0.131. The molecule has 0 bridgehead atoms. The van der Waals surface area contributed by atoms with Gasteiger partial charge in [-0.2, -0.15) is 0 Å². The molecule has 0 aliphatic rings. The molecule has 0 aliphatic heterocycles. The first-order valence-corrected chi connectivity index (χ1v) is 5.83. The van der Waals surface area contributed by atoms with Crippen molar-refractivity contribution in [3.8, 4) is 5.75 Å². The van der Waals surface area contributed by atoms with Crippen molar-refractivity contribution >= 4 is 12.0 Å². The monoisotopic (exact) mass is 249 g/mol. The number of methoxy groups -OCH3 is 1. The van der Waals surface area contributed by atoms with Crippen molar-refractivity contribution < 1.29 is 14.6 Å². The number of aliphatic carboxylic acids is 1. The normalized spacial score (nSPS) is 11.1. The van der Waals surface area contributed by atoms with E-state index in [-0.39, 0.29) is 0 Å². The minimum absolute atomic E-state index is 0.772. The molecule has 0 saturated carbocycles. The van der Waals surface area contributed by atoms with Crippen molar-refractivity contribution in [2.45, 2.75) is 13.5 Å². The molecule has 1 aromatic rings. The van der Waals surface area contributed by atoms with Gasteiger partial charge in [-0.05, 0) is 37.4 Å².